The molecule has 0 aromatic heterocycles. The third kappa shape index (κ3) is 3.25. The van der Waals surface area contributed by atoms with Crippen LogP contribution in [0.2, 0.25) is 0 Å². The lowest BCUT2D eigenvalue weighted by molar-refractivity contribution is -0.136. The van der Waals surface area contributed by atoms with Gasteiger partial charge in [0.1, 0.15) is 6.04 Å². The zero-order valence-electron chi connectivity index (χ0n) is 14.6. The predicted octanol–water partition coefficient (Wildman–Crippen LogP) is -0.0853. The Balaban J connectivity index is 1.82. The molecule has 138 valence electrons. The van der Waals surface area contributed by atoms with Crippen LogP contribution in [-0.4, -0.2) is 47.2 Å². The highest BCUT2D eigenvalue weighted by atomic mass is 16.2. The van der Waals surface area contributed by atoms with Crippen molar-refractivity contribution < 1.29 is 19.2 Å². The Kier molecular flexibility index (Phi) is 5.15. The summed E-state index contributed by atoms with van der Waals surface area (Å²) in [6.07, 6.45) is 1.09. The second-order valence-corrected chi connectivity index (χ2v) is 6.59. The first-order valence-electron chi connectivity index (χ1n) is 8.73. The number of imide groups is 2. The zero-order chi connectivity index (χ0) is 18.8. The van der Waals surface area contributed by atoms with Crippen LogP contribution in [0.3, 0.4) is 0 Å². The monoisotopic (exact) mass is 358 g/mol. The molecule has 8 heteroatoms. The molecule has 0 aliphatic carbocycles. The number of nitrogens with zero attached hydrogens (tertiary/aromatic N) is 1. The zero-order valence-corrected chi connectivity index (χ0v) is 14.6. The summed E-state index contributed by atoms with van der Waals surface area (Å²) >= 11 is 0. The van der Waals surface area contributed by atoms with Gasteiger partial charge in [-0.2, -0.15) is 0 Å². The second-order valence-electron chi connectivity index (χ2n) is 6.59. The van der Waals surface area contributed by atoms with Crippen molar-refractivity contribution in [1.82, 2.24) is 15.5 Å². The highest BCUT2D eigenvalue weighted by Gasteiger charge is 2.45. The molecule has 1 unspecified atom stereocenters. The number of carbonyl (C=O) groups excluding carboxylic acids is 4. The van der Waals surface area contributed by atoms with Gasteiger partial charge >= 0.3 is 0 Å². The lowest BCUT2D eigenvalue weighted by atomic mass is 10.0. The van der Waals surface area contributed by atoms with Crippen LogP contribution in [0.1, 0.15) is 52.5 Å². The number of fused-ring (bicyclic) bond motifs is 1. The van der Waals surface area contributed by atoms with Crippen LogP contribution < -0.4 is 16.4 Å². The molecule has 1 aromatic carbocycles. The lowest BCUT2D eigenvalue weighted by Crippen LogP contribution is -2.54. The number of nitrogens with two attached hydrogens (primary N) is 1. The summed E-state index contributed by atoms with van der Waals surface area (Å²) in [6.45, 7) is 2.99. The highest BCUT2D eigenvalue weighted by molar-refractivity contribution is 6.24. The van der Waals surface area contributed by atoms with Crippen LogP contribution in [0.4, 0.5) is 0 Å². The molecule has 26 heavy (non-hydrogen) atoms. The number of benzene rings is 1. The van der Waals surface area contributed by atoms with Crippen LogP contribution in [0.5, 0.6) is 0 Å². The molecule has 1 fully saturated rings. The summed E-state index contributed by atoms with van der Waals surface area (Å²) in [7, 11) is 0. The SMILES string of the molecule is CC[C@@H](N)CNCc1cccc2c1C(=O)N(C1CCC(=O)NC1=O)C2=O. The van der Waals surface area contributed by atoms with E-state index in [0.29, 0.717) is 29.8 Å². The van der Waals surface area contributed by atoms with E-state index in [1.54, 1.807) is 18.2 Å². The number of piperidine rings is 1. The Morgan fingerprint density at radius 1 is 1.27 bits per heavy atom. The van der Waals surface area contributed by atoms with Crippen molar-refractivity contribution >= 4 is 23.6 Å². The van der Waals surface area contributed by atoms with Gasteiger partial charge in [-0.05, 0) is 24.5 Å². The smallest absolute Gasteiger partial charge is 0.262 e. The molecule has 2 atom stereocenters. The lowest BCUT2D eigenvalue weighted by Gasteiger charge is -2.27. The Bertz CT molecular complexity index is 776. The van der Waals surface area contributed by atoms with Gasteiger partial charge in [-0.3, -0.25) is 29.4 Å². The fourth-order valence-corrected chi connectivity index (χ4v) is 3.27. The number of hydrogen-bond acceptors (Lipinski definition) is 6. The van der Waals surface area contributed by atoms with Crippen molar-refractivity contribution in [1.29, 1.82) is 0 Å². The largest absolute Gasteiger partial charge is 0.327 e. The fraction of sp³-hybridized carbons (Fsp3) is 0.444. The first-order valence-corrected chi connectivity index (χ1v) is 8.73. The van der Waals surface area contributed by atoms with Crippen molar-refractivity contribution in [3.05, 3.63) is 34.9 Å². The number of rotatable bonds is 6. The molecule has 3 rings (SSSR count). The molecule has 0 bridgehead atoms. The van der Waals surface area contributed by atoms with Gasteiger partial charge in [-0.15, -0.1) is 0 Å². The van der Waals surface area contributed by atoms with Gasteiger partial charge in [0, 0.05) is 25.6 Å². The first-order chi connectivity index (χ1) is 12.4. The predicted molar refractivity (Wildman–Crippen MR) is 93.1 cm³/mol. The van der Waals surface area contributed by atoms with E-state index in [9.17, 15) is 19.2 Å². The summed E-state index contributed by atoms with van der Waals surface area (Å²) in [5.41, 5.74) is 7.18. The average molecular weight is 358 g/mol. The quantitative estimate of drug-likeness (QED) is 0.611. The average Bonchev–Trinajstić information content (AvgIpc) is 2.87. The molecular formula is C18H22N4O4. The van der Waals surface area contributed by atoms with Crippen LogP contribution in [0.25, 0.3) is 0 Å². The summed E-state index contributed by atoms with van der Waals surface area (Å²) in [5.74, 6) is -1.98. The minimum absolute atomic E-state index is 0.0177. The third-order valence-corrected chi connectivity index (χ3v) is 4.80. The summed E-state index contributed by atoms with van der Waals surface area (Å²) in [5, 5.41) is 5.39. The second kappa shape index (κ2) is 7.35. The highest BCUT2D eigenvalue weighted by Crippen LogP contribution is 2.29. The molecule has 8 nitrogen and oxygen atoms in total. The van der Waals surface area contributed by atoms with Gasteiger partial charge in [0.2, 0.25) is 11.8 Å². The minimum atomic E-state index is -0.950. The maximum Gasteiger partial charge on any atom is 0.262 e. The van der Waals surface area contributed by atoms with E-state index >= 15 is 0 Å². The molecule has 0 radical (unpaired) electrons. The molecule has 0 spiro atoms. The first kappa shape index (κ1) is 18.2. The van der Waals surface area contributed by atoms with E-state index < -0.39 is 23.8 Å². The third-order valence-electron chi connectivity index (χ3n) is 4.80. The van der Waals surface area contributed by atoms with Crippen molar-refractivity contribution in [3.8, 4) is 0 Å². The van der Waals surface area contributed by atoms with Gasteiger partial charge in [-0.25, -0.2) is 0 Å². The van der Waals surface area contributed by atoms with Gasteiger partial charge in [0.25, 0.3) is 11.8 Å². The molecule has 4 N–H and O–H groups in total. The molecular weight excluding hydrogens is 336 g/mol. The van der Waals surface area contributed by atoms with Crippen molar-refractivity contribution in [3.63, 3.8) is 0 Å². The Labute approximate surface area is 151 Å². The number of amides is 4. The molecule has 2 aliphatic heterocycles. The number of hydrogen-bond donors (Lipinski definition) is 3. The topological polar surface area (TPSA) is 122 Å². The van der Waals surface area contributed by atoms with E-state index in [1.165, 1.54) is 0 Å². The minimum Gasteiger partial charge on any atom is -0.327 e. The molecule has 1 aromatic rings. The molecule has 4 amide bonds. The van der Waals surface area contributed by atoms with Gasteiger partial charge in [0.15, 0.2) is 0 Å². The fourth-order valence-electron chi connectivity index (χ4n) is 3.27. The van der Waals surface area contributed by atoms with Gasteiger partial charge in [0.05, 0.1) is 11.1 Å². The summed E-state index contributed by atoms with van der Waals surface area (Å²) in [4.78, 5) is 50.0. The Morgan fingerprint density at radius 2 is 2.04 bits per heavy atom. The maximum absolute atomic E-state index is 12.9. The van der Waals surface area contributed by atoms with E-state index in [0.717, 1.165) is 11.3 Å². The normalized spacial score (nSPS) is 21.0. The summed E-state index contributed by atoms with van der Waals surface area (Å²) in [6, 6.07) is 4.15. The number of nitrogens with one attached hydrogen (secondary N) is 2. The van der Waals surface area contributed by atoms with Crippen molar-refractivity contribution in [2.75, 3.05) is 6.54 Å². The van der Waals surface area contributed by atoms with Crippen LogP contribution in [0.15, 0.2) is 18.2 Å². The molecule has 0 saturated carbocycles. The van der Waals surface area contributed by atoms with E-state index in [4.69, 9.17) is 5.73 Å². The van der Waals surface area contributed by atoms with Gasteiger partial charge in [-0.1, -0.05) is 19.1 Å². The standard InChI is InChI=1S/C18H22N4O4/c1-2-11(19)9-20-8-10-4-3-5-12-15(10)18(26)22(17(12)25)13-6-7-14(23)21-16(13)24/h3-5,11,13,20H,2,6-9,19H2,1H3,(H,21,23,24)/t11-,13?/m1/s1. The Hall–Kier alpha value is -2.58. The molecule has 2 aliphatic rings. The van der Waals surface area contributed by atoms with Crippen molar-refractivity contribution in [2.24, 2.45) is 5.73 Å². The van der Waals surface area contributed by atoms with Gasteiger partial charge < -0.3 is 11.1 Å². The number of carbonyl (C=O) groups is 4. The van der Waals surface area contributed by atoms with Crippen LogP contribution in [-0.2, 0) is 16.1 Å². The van der Waals surface area contributed by atoms with Crippen LogP contribution >= 0.6 is 0 Å². The Morgan fingerprint density at radius 3 is 2.73 bits per heavy atom. The van der Waals surface area contributed by atoms with Crippen LogP contribution in [0, 0.1) is 0 Å². The molecule has 1 saturated heterocycles. The van der Waals surface area contributed by atoms with E-state index in [2.05, 4.69) is 10.6 Å². The summed E-state index contributed by atoms with van der Waals surface area (Å²) < 4.78 is 0. The molecule has 2 heterocycles. The van der Waals surface area contributed by atoms with E-state index in [1.807, 2.05) is 6.92 Å². The van der Waals surface area contributed by atoms with E-state index in [-0.39, 0.29) is 24.8 Å². The maximum atomic E-state index is 12.9. The van der Waals surface area contributed by atoms with Crippen molar-refractivity contribution in [2.45, 2.75) is 44.8 Å².